The largest absolute Gasteiger partial charge is 0.310 e. The molecule has 1 saturated carbocycles. The van der Waals surface area contributed by atoms with Crippen LogP contribution in [-0.4, -0.2) is 32.5 Å². The van der Waals surface area contributed by atoms with Crippen molar-refractivity contribution in [3.05, 3.63) is 53.7 Å². The molecule has 0 aliphatic heterocycles. The molecule has 3 aromatic rings. The lowest BCUT2D eigenvalue weighted by Gasteiger charge is -2.16. The van der Waals surface area contributed by atoms with Crippen LogP contribution in [0.5, 0.6) is 0 Å². The van der Waals surface area contributed by atoms with Crippen molar-refractivity contribution in [2.45, 2.75) is 25.2 Å². The number of alkyl halides is 2. The molecule has 0 spiro atoms. The van der Waals surface area contributed by atoms with Crippen LogP contribution in [0.15, 0.2) is 36.8 Å². The Kier molecular flexibility index (Phi) is 3.67. The highest BCUT2D eigenvalue weighted by molar-refractivity contribution is 6.09. The summed E-state index contributed by atoms with van der Waals surface area (Å²) >= 11 is 0. The normalized spacial score (nSPS) is 14.2. The topological polar surface area (TPSA) is 63.4 Å². The molecule has 4 rings (SSSR count). The van der Waals surface area contributed by atoms with Crippen LogP contribution in [0.25, 0.3) is 5.65 Å². The average Bonchev–Trinajstić information content (AvgIpc) is 3.40. The summed E-state index contributed by atoms with van der Waals surface area (Å²) in [7, 11) is 1.60. The average molecular weight is 343 g/mol. The Morgan fingerprint density at radius 1 is 1.36 bits per heavy atom. The number of hydrogen-bond acceptors (Lipinski definition) is 4. The lowest BCUT2D eigenvalue weighted by atomic mass is 10.2. The number of carbonyl (C=O) groups is 1. The molecular weight excluding hydrogens is 328 g/mol. The number of rotatable bonds is 4. The van der Waals surface area contributed by atoms with Crippen molar-refractivity contribution in [1.29, 1.82) is 0 Å². The number of pyridine rings is 1. The van der Waals surface area contributed by atoms with E-state index in [4.69, 9.17) is 0 Å². The van der Waals surface area contributed by atoms with Crippen LogP contribution in [0.1, 0.15) is 46.9 Å². The van der Waals surface area contributed by atoms with Gasteiger partial charge in [0.25, 0.3) is 12.3 Å². The maximum Gasteiger partial charge on any atom is 0.280 e. The molecule has 0 bridgehead atoms. The SMILES string of the molecule is CN(C(=O)c1cnn2c(C(F)F)cc(C3CC3)nc12)c1cccnc1. The van der Waals surface area contributed by atoms with Gasteiger partial charge >= 0.3 is 0 Å². The van der Waals surface area contributed by atoms with Crippen molar-refractivity contribution < 1.29 is 13.6 Å². The van der Waals surface area contributed by atoms with Crippen LogP contribution in [0, 0.1) is 0 Å². The van der Waals surface area contributed by atoms with Crippen molar-refractivity contribution in [1.82, 2.24) is 19.6 Å². The van der Waals surface area contributed by atoms with Gasteiger partial charge in [-0.1, -0.05) is 0 Å². The number of aromatic nitrogens is 4. The van der Waals surface area contributed by atoms with E-state index in [0.29, 0.717) is 11.4 Å². The van der Waals surface area contributed by atoms with Crippen molar-refractivity contribution in [2.24, 2.45) is 0 Å². The highest BCUT2D eigenvalue weighted by atomic mass is 19.3. The van der Waals surface area contributed by atoms with Crippen LogP contribution < -0.4 is 4.90 Å². The Morgan fingerprint density at radius 3 is 2.80 bits per heavy atom. The first-order valence-corrected chi connectivity index (χ1v) is 7.91. The summed E-state index contributed by atoms with van der Waals surface area (Å²) in [6.45, 7) is 0. The zero-order valence-corrected chi connectivity index (χ0v) is 13.4. The third-order valence-electron chi connectivity index (χ3n) is 4.31. The summed E-state index contributed by atoms with van der Waals surface area (Å²) in [5.74, 6) is -0.180. The lowest BCUT2D eigenvalue weighted by Crippen LogP contribution is -2.26. The summed E-state index contributed by atoms with van der Waals surface area (Å²) < 4.78 is 27.9. The molecule has 1 aliphatic rings. The predicted molar refractivity (Wildman–Crippen MR) is 86.9 cm³/mol. The standard InChI is InChI=1S/C17H15F2N5O/c1-23(11-3-2-6-20-8-11)17(25)12-9-21-24-14(15(18)19)7-13(10-4-5-10)22-16(12)24/h2-3,6-10,15H,4-5H2,1H3. The third-order valence-corrected chi connectivity index (χ3v) is 4.31. The second-order valence-electron chi connectivity index (χ2n) is 6.05. The number of halogens is 2. The number of fused-ring (bicyclic) bond motifs is 1. The fourth-order valence-corrected chi connectivity index (χ4v) is 2.75. The zero-order valence-electron chi connectivity index (χ0n) is 13.4. The Balaban J connectivity index is 1.81. The third kappa shape index (κ3) is 2.73. The van der Waals surface area contributed by atoms with Crippen LogP contribution >= 0.6 is 0 Å². The van der Waals surface area contributed by atoms with Gasteiger partial charge in [0, 0.05) is 24.9 Å². The van der Waals surface area contributed by atoms with E-state index < -0.39 is 6.43 Å². The predicted octanol–water partition coefficient (Wildman–Crippen LogP) is 3.22. The Labute approximate surface area is 142 Å². The van der Waals surface area contributed by atoms with E-state index in [-0.39, 0.29) is 28.7 Å². The first kappa shape index (κ1) is 15.6. The highest BCUT2D eigenvalue weighted by Gasteiger charge is 2.29. The molecule has 0 radical (unpaired) electrons. The monoisotopic (exact) mass is 343 g/mol. The van der Waals surface area contributed by atoms with Crippen molar-refractivity contribution in [2.75, 3.05) is 11.9 Å². The Hall–Kier alpha value is -2.90. The molecule has 0 N–H and O–H groups in total. The first-order valence-electron chi connectivity index (χ1n) is 7.91. The van der Waals surface area contributed by atoms with Gasteiger partial charge in [-0.15, -0.1) is 0 Å². The quantitative estimate of drug-likeness (QED) is 0.730. The highest BCUT2D eigenvalue weighted by Crippen LogP contribution is 2.40. The Morgan fingerprint density at radius 2 is 2.16 bits per heavy atom. The van der Waals surface area contributed by atoms with E-state index in [1.807, 2.05) is 0 Å². The van der Waals surface area contributed by atoms with Gasteiger partial charge in [-0.2, -0.15) is 5.10 Å². The molecular formula is C17H15F2N5O. The Bertz CT molecular complexity index is 937. The molecule has 8 heteroatoms. The molecule has 0 aromatic carbocycles. The van der Waals surface area contributed by atoms with E-state index in [0.717, 1.165) is 17.4 Å². The minimum Gasteiger partial charge on any atom is -0.310 e. The molecule has 3 heterocycles. The van der Waals surface area contributed by atoms with Gasteiger partial charge < -0.3 is 4.90 Å². The zero-order chi connectivity index (χ0) is 17.6. The second-order valence-corrected chi connectivity index (χ2v) is 6.05. The number of hydrogen-bond donors (Lipinski definition) is 0. The van der Waals surface area contributed by atoms with Crippen molar-refractivity contribution >= 4 is 17.2 Å². The summed E-state index contributed by atoms with van der Waals surface area (Å²) in [6, 6.07) is 4.85. The maximum absolute atomic E-state index is 13.4. The number of nitrogens with zero attached hydrogens (tertiary/aromatic N) is 5. The smallest absolute Gasteiger partial charge is 0.280 e. The fourth-order valence-electron chi connectivity index (χ4n) is 2.75. The second kappa shape index (κ2) is 5.87. The maximum atomic E-state index is 13.4. The molecule has 25 heavy (non-hydrogen) atoms. The van der Waals surface area contributed by atoms with Gasteiger partial charge in [-0.3, -0.25) is 9.78 Å². The molecule has 0 unspecified atom stereocenters. The van der Waals surface area contributed by atoms with Crippen molar-refractivity contribution in [3.63, 3.8) is 0 Å². The number of amides is 1. The summed E-state index contributed by atoms with van der Waals surface area (Å²) in [5.41, 5.74) is 1.31. The van der Waals surface area contributed by atoms with Gasteiger partial charge in [0.2, 0.25) is 0 Å². The number of carbonyl (C=O) groups excluding carboxylic acids is 1. The molecule has 1 aliphatic carbocycles. The molecule has 1 amide bonds. The summed E-state index contributed by atoms with van der Waals surface area (Å²) in [6.07, 6.45) is 3.62. The van der Waals surface area contributed by atoms with E-state index in [1.54, 1.807) is 31.6 Å². The van der Waals surface area contributed by atoms with Gasteiger partial charge in [-0.25, -0.2) is 18.3 Å². The molecule has 6 nitrogen and oxygen atoms in total. The first-order chi connectivity index (χ1) is 12.1. The van der Waals surface area contributed by atoms with E-state index >= 15 is 0 Å². The van der Waals surface area contributed by atoms with Gasteiger partial charge in [0.15, 0.2) is 5.65 Å². The number of anilines is 1. The summed E-state index contributed by atoms with van der Waals surface area (Å²) in [4.78, 5) is 22.6. The van der Waals surface area contributed by atoms with Gasteiger partial charge in [0.05, 0.1) is 18.1 Å². The van der Waals surface area contributed by atoms with E-state index in [2.05, 4.69) is 15.1 Å². The lowest BCUT2D eigenvalue weighted by molar-refractivity contribution is 0.0994. The van der Waals surface area contributed by atoms with Crippen molar-refractivity contribution in [3.8, 4) is 0 Å². The minimum atomic E-state index is -2.69. The molecule has 0 atom stereocenters. The molecule has 0 saturated heterocycles. The molecule has 1 fully saturated rings. The van der Waals surface area contributed by atoms with Gasteiger partial charge in [0.1, 0.15) is 11.3 Å². The molecule has 3 aromatic heterocycles. The van der Waals surface area contributed by atoms with Crippen LogP contribution in [0.3, 0.4) is 0 Å². The van der Waals surface area contributed by atoms with E-state index in [1.165, 1.54) is 17.2 Å². The fraction of sp³-hybridized carbons (Fsp3) is 0.294. The summed E-state index contributed by atoms with van der Waals surface area (Å²) in [5, 5.41) is 3.97. The van der Waals surface area contributed by atoms with E-state index in [9.17, 15) is 13.6 Å². The van der Waals surface area contributed by atoms with Crippen LogP contribution in [0.2, 0.25) is 0 Å². The minimum absolute atomic E-state index is 0.167. The van der Waals surface area contributed by atoms with Gasteiger partial charge in [-0.05, 0) is 31.0 Å². The van der Waals surface area contributed by atoms with Crippen LogP contribution in [0.4, 0.5) is 14.5 Å². The molecule has 128 valence electrons. The van der Waals surface area contributed by atoms with Crippen LogP contribution in [-0.2, 0) is 0 Å².